The van der Waals surface area contributed by atoms with Crippen LogP contribution in [0.4, 0.5) is 21.5 Å². The summed E-state index contributed by atoms with van der Waals surface area (Å²) in [6.45, 7) is 4.33. The van der Waals surface area contributed by atoms with Crippen molar-refractivity contribution < 1.29 is 24.2 Å². The predicted octanol–water partition coefficient (Wildman–Crippen LogP) is 9.59. The van der Waals surface area contributed by atoms with Gasteiger partial charge in [0.15, 0.2) is 0 Å². The summed E-state index contributed by atoms with van der Waals surface area (Å²) in [7, 11) is 0. The summed E-state index contributed by atoms with van der Waals surface area (Å²) in [5, 5.41) is 25.6. The lowest BCUT2D eigenvalue weighted by molar-refractivity contribution is -0.120. The maximum Gasteiger partial charge on any atom is 0.258 e. The average Bonchev–Trinajstić information content (AvgIpc) is 3.51. The zero-order valence-electron chi connectivity index (χ0n) is 29.9. The third-order valence-corrected chi connectivity index (χ3v) is 9.21. The number of hydrogen-bond acceptors (Lipinski definition) is 4. The van der Waals surface area contributed by atoms with Crippen molar-refractivity contribution in [2.24, 2.45) is 0 Å². The first-order valence-corrected chi connectivity index (χ1v) is 17.9. The van der Waals surface area contributed by atoms with Crippen LogP contribution < -0.4 is 10.2 Å². The quantitative estimate of drug-likeness (QED) is 0.105. The van der Waals surface area contributed by atoms with Gasteiger partial charge in [-0.3, -0.25) is 14.5 Å². The SMILES string of the molecule is CC(C)c1c(C(=O)Nc2ccccc2)c(-c2ccccc2)c(-c2ccc(F)cc2)n1CC[C@@H](O)C[C@@H](O)CC(=O)N(c1ccccc1)c1ccccc1. The first-order valence-electron chi connectivity index (χ1n) is 17.9. The highest BCUT2D eigenvalue weighted by molar-refractivity contribution is 6.12. The minimum Gasteiger partial charge on any atom is -0.393 e. The number of amides is 2. The van der Waals surface area contributed by atoms with Gasteiger partial charge >= 0.3 is 0 Å². The molecule has 0 unspecified atom stereocenters. The summed E-state index contributed by atoms with van der Waals surface area (Å²) >= 11 is 0. The van der Waals surface area contributed by atoms with Gasteiger partial charge in [-0.1, -0.05) is 98.8 Å². The summed E-state index contributed by atoms with van der Waals surface area (Å²) in [6.07, 6.45) is -2.07. The van der Waals surface area contributed by atoms with E-state index in [9.17, 15) is 24.2 Å². The number of aromatic nitrogens is 1. The van der Waals surface area contributed by atoms with E-state index in [2.05, 4.69) is 5.32 Å². The highest BCUT2D eigenvalue weighted by Gasteiger charge is 2.31. The molecule has 53 heavy (non-hydrogen) atoms. The molecule has 3 N–H and O–H groups in total. The Morgan fingerprint density at radius 1 is 0.698 bits per heavy atom. The lowest BCUT2D eigenvalue weighted by atomic mass is 9.94. The van der Waals surface area contributed by atoms with Gasteiger partial charge in [0.25, 0.3) is 5.91 Å². The predicted molar refractivity (Wildman–Crippen MR) is 210 cm³/mol. The van der Waals surface area contributed by atoms with Gasteiger partial charge in [-0.15, -0.1) is 0 Å². The number of aliphatic hydroxyl groups excluding tert-OH is 2. The highest BCUT2D eigenvalue weighted by atomic mass is 19.1. The van der Waals surface area contributed by atoms with Crippen LogP contribution in [0.15, 0.2) is 146 Å². The maximum absolute atomic E-state index is 14.3. The molecule has 0 bridgehead atoms. The molecule has 0 radical (unpaired) electrons. The number of hydrogen-bond donors (Lipinski definition) is 3. The Morgan fingerprint density at radius 3 is 1.77 bits per heavy atom. The smallest absolute Gasteiger partial charge is 0.258 e. The number of nitrogens with zero attached hydrogens (tertiary/aromatic N) is 2. The number of anilines is 3. The summed E-state index contributed by atoms with van der Waals surface area (Å²) in [5.74, 6) is -1.08. The fourth-order valence-corrected chi connectivity index (χ4v) is 6.89. The van der Waals surface area contributed by atoms with Gasteiger partial charge in [-0.25, -0.2) is 4.39 Å². The third kappa shape index (κ3) is 8.80. The maximum atomic E-state index is 14.3. The Hall–Kier alpha value is -5.83. The number of nitrogens with one attached hydrogen (secondary N) is 1. The second-order valence-corrected chi connectivity index (χ2v) is 13.4. The molecule has 2 atom stereocenters. The molecule has 6 rings (SSSR count). The molecule has 0 aliphatic heterocycles. The minimum atomic E-state index is -1.11. The molecule has 7 nitrogen and oxygen atoms in total. The van der Waals surface area contributed by atoms with E-state index in [4.69, 9.17) is 0 Å². The Balaban J connectivity index is 1.31. The molecule has 0 fully saturated rings. The van der Waals surface area contributed by atoms with Crippen molar-refractivity contribution >= 4 is 28.9 Å². The van der Waals surface area contributed by atoms with Crippen molar-refractivity contribution in [3.8, 4) is 22.4 Å². The molecule has 1 aromatic heterocycles. The van der Waals surface area contributed by atoms with Crippen molar-refractivity contribution in [3.05, 3.63) is 163 Å². The van der Waals surface area contributed by atoms with Crippen LogP contribution in [0.25, 0.3) is 22.4 Å². The lowest BCUT2D eigenvalue weighted by Gasteiger charge is -2.25. The third-order valence-electron chi connectivity index (χ3n) is 9.21. The van der Waals surface area contributed by atoms with Crippen molar-refractivity contribution in [3.63, 3.8) is 0 Å². The number of aliphatic hydroxyl groups is 2. The van der Waals surface area contributed by atoms with Crippen LogP contribution in [0.5, 0.6) is 0 Å². The first kappa shape index (κ1) is 36.9. The van der Waals surface area contributed by atoms with Crippen LogP contribution >= 0.6 is 0 Å². The fourth-order valence-electron chi connectivity index (χ4n) is 6.89. The Morgan fingerprint density at radius 2 is 1.23 bits per heavy atom. The van der Waals surface area contributed by atoms with Crippen molar-refractivity contribution in [1.82, 2.24) is 4.57 Å². The van der Waals surface area contributed by atoms with Gasteiger partial charge in [-0.05, 0) is 90.6 Å². The molecule has 2 amide bonds. The molecule has 0 aliphatic rings. The van der Waals surface area contributed by atoms with Gasteiger partial charge in [0, 0.05) is 34.9 Å². The summed E-state index contributed by atoms with van der Waals surface area (Å²) in [6, 6.07) is 43.6. The molecule has 270 valence electrons. The van der Waals surface area contributed by atoms with Crippen molar-refractivity contribution in [1.29, 1.82) is 0 Å². The summed E-state index contributed by atoms with van der Waals surface area (Å²) < 4.78 is 16.3. The van der Waals surface area contributed by atoms with Crippen LogP contribution in [-0.4, -0.2) is 38.8 Å². The molecule has 8 heteroatoms. The van der Waals surface area contributed by atoms with Gasteiger partial charge in [0.1, 0.15) is 5.82 Å². The number of carbonyl (C=O) groups excluding carboxylic acids is 2. The summed E-state index contributed by atoms with van der Waals surface area (Å²) in [5.41, 5.74) is 6.24. The van der Waals surface area contributed by atoms with Crippen LogP contribution in [0.1, 0.15) is 55.1 Å². The minimum absolute atomic E-state index is 0.0276. The standard InChI is InChI=1S/C45H44FN3O4/c1-31(2)43-42(45(53)47-35-17-9-4-10-18-35)41(32-15-7-3-8-16-32)44(33-23-25-34(46)26-24-33)48(43)28-27-38(50)29-39(51)30-40(52)49(36-19-11-5-12-20-36)37-21-13-6-14-22-37/h3-26,31,38-39,50-51H,27-30H2,1-2H3,(H,47,53)/t38-,39-/m1/s1. The van der Waals surface area contributed by atoms with Crippen molar-refractivity contribution in [2.45, 2.75) is 57.8 Å². The van der Waals surface area contributed by atoms with E-state index in [0.29, 0.717) is 40.3 Å². The molecule has 0 saturated carbocycles. The normalized spacial score (nSPS) is 12.3. The lowest BCUT2D eigenvalue weighted by Crippen LogP contribution is -2.31. The van der Waals surface area contributed by atoms with E-state index in [0.717, 1.165) is 17.0 Å². The highest BCUT2D eigenvalue weighted by Crippen LogP contribution is 2.43. The number of carbonyl (C=O) groups is 2. The fraction of sp³-hybridized carbons (Fsp3) is 0.200. The monoisotopic (exact) mass is 709 g/mol. The van der Waals surface area contributed by atoms with Crippen LogP contribution in [0.2, 0.25) is 0 Å². The molecule has 0 saturated heterocycles. The molecule has 5 aromatic carbocycles. The van der Waals surface area contributed by atoms with Gasteiger partial charge < -0.3 is 20.1 Å². The molecule has 1 heterocycles. The first-order chi connectivity index (χ1) is 25.7. The molecule has 0 aliphatic carbocycles. The van der Waals surface area contributed by atoms with E-state index in [1.165, 1.54) is 12.1 Å². The zero-order chi connectivity index (χ0) is 37.3. The van der Waals surface area contributed by atoms with E-state index in [1.54, 1.807) is 17.0 Å². The number of halogens is 1. The Bertz CT molecular complexity index is 2060. The Kier molecular flexibility index (Phi) is 11.9. The summed E-state index contributed by atoms with van der Waals surface area (Å²) in [4.78, 5) is 29.5. The van der Waals surface area contributed by atoms with Crippen molar-refractivity contribution in [2.75, 3.05) is 10.2 Å². The van der Waals surface area contributed by atoms with E-state index in [1.807, 2.05) is 140 Å². The largest absolute Gasteiger partial charge is 0.393 e. The van der Waals surface area contributed by atoms with E-state index in [-0.39, 0.29) is 42.8 Å². The number of benzene rings is 5. The number of para-hydroxylation sites is 3. The second kappa shape index (κ2) is 17.1. The number of rotatable bonds is 14. The van der Waals surface area contributed by atoms with Crippen LogP contribution in [-0.2, 0) is 11.3 Å². The zero-order valence-corrected chi connectivity index (χ0v) is 29.9. The topological polar surface area (TPSA) is 94.8 Å². The van der Waals surface area contributed by atoms with Gasteiger partial charge in [0.2, 0.25) is 5.91 Å². The van der Waals surface area contributed by atoms with Crippen LogP contribution in [0, 0.1) is 5.82 Å². The molecule has 6 aromatic rings. The second-order valence-electron chi connectivity index (χ2n) is 13.4. The van der Waals surface area contributed by atoms with E-state index < -0.39 is 12.2 Å². The van der Waals surface area contributed by atoms with Crippen LogP contribution in [0.3, 0.4) is 0 Å². The molecule has 0 spiro atoms. The molecular formula is C45H44FN3O4. The average molecular weight is 710 g/mol. The van der Waals surface area contributed by atoms with E-state index >= 15 is 0 Å². The molecular weight excluding hydrogens is 666 g/mol. The van der Waals surface area contributed by atoms with Gasteiger partial charge in [-0.2, -0.15) is 0 Å². The Labute approximate surface area is 310 Å². The van der Waals surface area contributed by atoms with Gasteiger partial charge in [0.05, 0.1) is 29.9 Å².